The molecule has 7 nitrogen and oxygen atoms in total. The van der Waals surface area contributed by atoms with Crippen molar-refractivity contribution in [1.29, 1.82) is 0 Å². The average molecular weight is 303 g/mol. The Labute approximate surface area is 117 Å². The number of carbonyl (C=O) groups excluding carboxylic acids is 2. The summed E-state index contributed by atoms with van der Waals surface area (Å²) in [5, 5.41) is 10.5. The van der Waals surface area contributed by atoms with E-state index in [2.05, 4.69) is 9.47 Å². The number of nitrogens with zero attached hydrogens (tertiary/aromatic N) is 1. The number of halogens is 2. The smallest absolute Gasteiger partial charge is 0.320 e. The summed E-state index contributed by atoms with van der Waals surface area (Å²) in [6, 6.07) is 1.01. The normalized spacial score (nSPS) is 10.3. The molecule has 1 rings (SSSR count). The summed E-state index contributed by atoms with van der Waals surface area (Å²) in [6.07, 6.45) is -0.672. The van der Waals surface area contributed by atoms with Gasteiger partial charge in [0.1, 0.15) is 11.6 Å². The van der Waals surface area contributed by atoms with Crippen molar-refractivity contribution < 1.29 is 32.8 Å². The van der Waals surface area contributed by atoms with Crippen LogP contribution in [0.15, 0.2) is 12.1 Å². The van der Waals surface area contributed by atoms with Crippen LogP contribution in [0.4, 0.5) is 14.5 Å². The number of benzene rings is 1. The molecule has 0 atom stereocenters. The van der Waals surface area contributed by atoms with E-state index < -0.39 is 52.1 Å². The number of ether oxygens (including phenoxy) is 2. The molecule has 1 aromatic rings. The van der Waals surface area contributed by atoms with Crippen molar-refractivity contribution in [3.63, 3.8) is 0 Å². The molecule has 0 radical (unpaired) electrons. The standard InChI is InChI=1S/C12H11F2NO6/c1-20-11(16)8(12(17)21-2)5-7-9(13)3-6(15(18)19)4-10(7)14/h3-4,8H,5H2,1-2H3. The van der Waals surface area contributed by atoms with Crippen molar-refractivity contribution >= 4 is 17.6 Å². The summed E-state index contributed by atoms with van der Waals surface area (Å²) in [6.45, 7) is 0. The molecule has 0 aliphatic heterocycles. The van der Waals surface area contributed by atoms with E-state index in [1.807, 2.05) is 0 Å². The summed E-state index contributed by atoms with van der Waals surface area (Å²) in [7, 11) is 2.00. The van der Waals surface area contributed by atoms with Crippen molar-refractivity contribution in [1.82, 2.24) is 0 Å². The number of hydrogen-bond donors (Lipinski definition) is 0. The first-order valence-electron chi connectivity index (χ1n) is 5.59. The second kappa shape index (κ2) is 6.73. The number of carbonyl (C=O) groups is 2. The first-order chi connectivity index (χ1) is 9.81. The van der Waals surface area contributed by atoms with Crippen molar-refractivity contribution in [3.8, 4) is 0 Å². The van der Waals surface area contributed by atoms with E-state index >= 15 is 0 Å². The SMILES string of the molecule is COC(=O)C(Cc1c(F)cc([N+](=O)[O-])cc1F)C(=O)OC. The largest absolute Gasteiger partial charge is 0.468 e. The van der Waals surface area contributed by atoms with E-state index in [0.717, 1.165) is 14.2 Å². The minimum Gasteiger partial charge on any atom is -0.468 e. The molecule has 1 aromatic carbocycles. The van der Waals surface area contributed by atoms with Gasteiger partial charge in [0, 0.05) is 12.0 Å². The fourth-order valence-electron chi connectivity index (χ4n) is 1.64. The monoisotopic (exact) mass is 303 g/mol. The Bertz CT molecular complexity index is 550. The lowest BCUT2D eigenvalue weighted by atomic mass is 9.98. The average Bonchev–Trinajstić information content (AvgIpc) is 2.44. The third kappa shape index (κ3) is 3.71. The number of nitro groups is 1. The van der Waals surface area contributed by atoms with Crippen LogP contribution in [-0.4, -0.2) is 31.1 Å². The van der Waals surface area contributed by atoms with Gasteiger partial charge in [-0.05, 0) is 0 Å². The maximum absolute atomic E-state index is 13.7. The second-order valence-corrected chi connectivity index (χ2v) is 3.95. The van der Waals surface area contributed by atoms with Gasteiger partial charge in [0.05, 0.1) is 31.3 Å². The summed E-state index contributed by atoms with van der Waals surface area (Å²) in [5.74, 6) is -6.09. The van der Waals surface area contributed by atoms with Crippen LogP contribution in [0.3, 0.4) is 0 Å². The first-order valence-corrected chi connectivity index (χ1v) is 5.59. The van der Waals surface area contributed by atoms with Gasteiger partial charge in [0.15, 0.2) is 5.92 Å². The molecule has 0 saturated carbocycles. The summed E-state index contributed by atoms with van der Waals surface area (Å²) in [4.78, 5) is 32.4. The molecule has 0 aliphatic rings. The van der Waals surface area contributed by atoms with Gasteiger partial charge in [-0.25, -0.2) is 8.78 Å². The van der Waals surface area contributed by atoms with E-state index in [1.165, 1.54) is 0 Å². The van der Waals surface area contributed by atoms with Crippen LogP contribution in [-0.2, 0) is 25.5 Å². The number of methoxy groups -OCH3 is 2. The van der Waals surface area contributed by atoms with Gasteiger partial charge in [-0.3, -0.25) is 19.7 Å². The maximum Gasteiger partial charge on any atom is 0.320 e. The third-order valence-corrected chi connectivity index (χ3v) is 2.72. The fourth-order valence-corrected chi connectivity index (χ4v) is 1.64. The Hall–Kier alpha value is -2.58. The Morgan fingerprint density at radius 2 is 1.62 bits per heavy atom. The van der Waals surface area contributed by atoms with Crippen LogP contribution in [0.5, 0.6) is 0 Å². The molecule has 0 unspecified atom stereocenters. The minimum atomic E-state index is -1.56. The molecule has 0 fully saturated rings. The Morgan fingerprint density at radius 1 is 1.19 bits per heavy atom. The van der Waals surface area contributed by atoms with Crippen molar-refractivity contribution in [2.24, 2.45) is 5.92 Å². The molecule has 0 aliphatic carbocycles. The highest BCUT2D eigenvalue weighted by atomic mass is 19.1. The van der Waals surface area contributed by atoms with Gasteiger partial charge in [-0.2, -0.15) is 0 Å². The zero-order valence-corrected chi connectivity index (χ0v) is 11.1. The lowest BCUT2D eigenvalue weighted by Gasteiger charge is -2.13. The summed E-state index contributed by atoms with van der Waals surface area (Å²) in [5.41, 5.74) is -1.41. The number of non-ortho nitro benzene ring substituents is 1. The zero-order chi connectivity index (χ0) is 16.2. The second-order valence-electron chi connectivity index (χ2n) is 3.95. The Morgan fingerprint density at radius 3 is 1.95 bits per heavy atom. The van der Waals surface area contributed by atoms with E-state index in [-0.39, 0.29) is 0 Å². The van der Waals surface area contributed by atoms with Gasteiger partial charge < -0.3 is 9.47 Å². The summed E-state index contributed by atoms with van der Waals surface area (Å²) >= 11 is 0. The molecule has 0 bridgehead atoms. The third-order valence-electron chi connectivity index (χ3n) is 2.72. The van der Waals surface area contributed by atoms with Gasteiger partial charge in [-0.1, -0.05) is 0 Å². The molecular formula is C12H11F2NO6. The maximum atomic E-state index is 13.7. The van der Waals surface area contributed by atoms with Crippen LogP contribution < -0.4 is 0 Å². The predicted molar refractivity (Wildman–Crippen MR) is 64.2 cm³/mol. The summed E-state index contributed by atoms with van der Waals surface area (Å²) < 4.78 is 36.1. The Kier molecular flexibility index (Phi) is 5.28. The van der Waals surface area contributed by atoms with Gasteiger partial charge >= 0.3 is 11.9 Å². The molecule has 0 spiro atoms. The molecule has 21 heavy (non-hydrogen) atoms. The highest BCUT2D eigenvalue weighted by molar-refractivity contribution is 5.95. The van der Waals surface area contributed by atoms with E-state index in [0.29, 0.717) is 12.1 Å². The minimum absolute atomic E-state index is 0.504. The van der Waals surface area contributed by atoms with Crippen molar-refractivity contribution in [2.75, 3.05) is 14.2 Å². The predicted octanol–water partition coefficient (Wildman–Crippen LogP) is 1.38. The lowest BCUT2D eigenvalue weighted by molar-refractivity contribution is -0.385. The fraction of sp³-hybridized carbons (Fsp3) is 0.333. The van der Waals surface area contributed by atoms with Gasteiger partial charge in [0.25, 0.3) is 5.69 Å². The van der Waals surface area contributed by atoms with Crippen LogP contribution in [0.2, 0.25) is 0 Å². The zero-order valence-electron chi connectivity index (χ0n) is 11.1. The molecule has 0 amide bonds. The number of rotatable bonds is 5. The molecule has 9 heteroatoms. The molecule has 114 valence electrons. The Balaban J connectivity index is 3.18. The molecule has 0 N–H and O–H groups in total. The number of esters is 2. The highest BCUT2D eigenvalue weighted by Crippen LogP contribution is 2.23. The molecular weight excluding hydrogens is 292 g/mol. The molecule has 0 aromatic heterocycles. The van der Waals surface area contributed by atoms with Gasteiger partial charge in [-0.15, -0.1) is 0 Å². The molecule has 0 saturated heterocycles. The van der Waals surface area contributed by atoms with Crippen molar-refractivity contribution in [3.05, 3.63) is 39.4 Å². The van der Waals surface area contributed by atoms with E-state index in [4.69, 9.17) is 0 Å². The lowest BCUT2D eigenvalue weighted by Crippen LogP contribution is -2.29. The van der Waals surface area contributed by atoms with E-state index in [9.17, 15) is 28.5 Å². The van der Waals surface area contributed by atoms with E-state index in [1.54, 1.807) is 0 Å². The molecule has 0 heterocycles. The quantitative estimate of drug-likeness (QED) is 0.353. The first kappa shape index (κ1) is 16.5. The van der Waals surface area contributed by atoms with Crippen LogP contribution in [0.25, 0.3) is 0 Å². The highest BCUT2D eigenvalue weighted by Gasteiger charge is 2.31. The topological polar surface area (TPSA) is 95.7 Å². The van der Waals surface area contributed by atoms with Crippen LogP contribution >= 0.6 is 0 Å². The van der Waals surface area contributed by atoms with Gasteiger partial charge in [0.2, 0.25) is 0 Å². The van der Waals surface area contributed by atoms with Crippen LogP contribution in [0, 0.1) is 27.7 Å². The number of nitro benzene ring substituents is 1. The number of hydrogen-bond acceptors (Lipinski definition) is 6. The van der Waals surface area contributed by atoms with Crippen molar-refractivity contribution in [2.45, 2.75) is 6.42 Å². The van der Waals surface area contributed by atoms with Crippen LogP contribution in [0.1, 0.15) is 5.56 Å².